The molecule has 2 aromatic carbocycles. The highest BCUT2D eigenvalue weighted by molar-refractivity contribution is 9.10. The Morgan fingerprint density at radius 3 is 2.38 bits per heavy atom. The molecule has 2 aromatic rings. The van der Waals surface area contributed by atoms with Crippen LogP contribution in [0.3, 0.4) is 0 Å². The Morgan fingerprint density at radius 1 is 1.10 bits per heavy atom. The van der Waals surface area contributed by atoms with E-state index in [0.29, 0.717) is 12.2 Å². The van der Waals surface area contributed by atoms with Gasteiger partial charge in [0.2, 0.25) is 0 Å². The van der Waals surface area contributed by atoms with Crippen molar-refractivity contribution < 1.29 is 8.42 Å². The van der Waals surface area contributed by atoms with Gasteiger partial charge in [0.05, 0.1) is 10.6 Å². The van der Waals surface area contributed by atoms with Gasteiger partial charge in [-0.05, 0) is 59.2 Å². The zero-order valence-electron chi connectivity index (χ0n) is 11.9. The van der Waals surface area contributed by atoms with Gasteiger partial charge < -0.3 is 5.32 Å². The maximum Gasteiger partial charge on any atom is 0.261 e. The number of halogens is 1. The summed E-state index contributed by atoms with van der Waals surface area (Å²) in [4.78, 5) is 0.246. The minimum atomic E-state index is -3.58. The predicted octanol–water partition coefficient (Wildman–Crippen LogP) is 3.28. The van der Waals surface area contributed by atoms with E-state index in [0.717, 1.165) is 15.6 Å². The molecule has 0 fully saturated rings. The minimum Gasteiger partial charge on any atom is -0.316 e. The molecule has 2 N–H and O–H groups in total. The van der Waals surface area contributed by atoms with E-state index in [1.165, 1.54) is 0 Å². The lowest BCUT2D eigenvalue weighted by Gasteiger charge is -2.11. The van der Waals surface area contributed by atoms with Crippen molar-refractivity contribution in [1.29, 1.82) is 0 Å². The van der Waals surface area contributed by atoms with Gasteiger partial charge in [0, 0.05) is 11.0 Å². The molecule has 112 valence electrons. The molecule has 0 saturated carbocycles. The first-order valence-corrected chi connectivity index (χ1v) is 8.73. The Kier molecular flexibility index (Phi) is 5.03. The van der Waals surface area contributed by atoms with Gasteiger partial charge in [-0.2, -0.15) is 0 Å². The second kappa shape index (κ2) is 6.60. The Hall–Kier alpha value is -1.37. The zero-order chi connectivity index (χ0) is 15.5. The van der Waals surface area contributed by atoms with Gasteiger partial charge in [-0.25, -0.2) is 8.42 Å². The maximum absolute atomic E-state index is 12.4. The molecule has 0 atom stereocenters. The van der Waals surface area contributed by atoms with Crippen molar-refractivity contribution in [2.45, 2.75) is 18.4 Å². The lowest BCUT2D eigenvalue weighted by Crippen LogP contribution is -2.14. The maximum atomic E-state index is 12.4. The molecule has 21 heavy (non-hydrogen) atoms. The lowest BCUT2D eigenvalue weighted by molar-refractivity contribution is 0.601. The largest absolute Gasteiger partial charge is 0.316 e. The third-order valence-corrected chi connectivity index (χ3v) is 5.48. The summed E-state index contributed by atoms with van der Waals surface area (Å²) in [6.45, 7) is 2.62. The molecule has 4 nitrogen and oxygen atoms in total. The molecule has 2 rings (SSSR count). The summed E-state index contributed by atoms with van der Waals surface area (Å²) in [5, 5.41) is 3.02. The van der Waals surface area contributed by atoms with Gasteiger partial charge in [-0.3, -0.25) is 4.72 Å². The topological polar surface area (TPSA) is 58.2 Å². The van der Waals surface area contributed by atoms with Crippen LogP contribution in [-0.2, 0) is 16.6 Å². The number of hydrogen-bond donors (Lipinski definition) is 2. The molecule has 0 saturated heterocycles. The summed E-state index contributed by atoms with van der Waals surface area (Å²) >= 11 is 3.40. The average Bonchev–Trinajstić information content (AvgIpc) is 2.45. The van der Waals surface area contributed by atoms with Crippen LogP contribution < -0.4 is 10.0 Å². The van der Waals surface area contributed by atoms with Crippen LogP contribution in [0.1, 0.15) is 11.1 Å². The molecular weight excluding hydrogens is 352 g/mol. The first-order valence-electron chi connectivity index (χ1n) is 6.45. The van der Waals surface area contributed by atoms with Crippen LogP contribution in [0.5, 0.6) is 0 Å². The third kappa shape index (κ3) is 3.84. The number of nitrogens with one attached hydrogen (secondary N) is 2. The number of benzene rings is 2. The van der Waals surface area contributed by atoms with E-state index >= 15 is 0 Å². The Bertz CT molecular complexity index is 728. The summed E-state index contributed by atoms with van der Waals surface area (Å²) in [7, 11) is -1.74. The molecule has 0 unspecified atom stereocenters. The van der Waals surface area contributed by atoms with E-state index < -0.39 is 10.0 Å². The highest BCUT2D eigenvalue weighted by atomic mass is 79.9. The molecule has 0 aliphatic heterocycles. The fraction of sp³-hybridized carbons (Fsp3) is 0.200. The fourth-order valence-electron chi connectivity index (χ4n) is 1.92. The van der Waals surface area contributed by atoms with Crippen molar-refractivity contribution in [3.8, 4) is 0 Å². The quantitative estimate of drug-likeness (QED) is 0.851. The predicted molar refractivity (Wildman–Crippen MR) is 88.9 cm³/mol. The second-order valence-corrected chi connectivity index (χ2v) is 7.19. The highest BCUT2D eigenvalue weighted by Gasteiger charge is 2.15. The molecule has 0 aliphatic rings. The first kappa shape index (κ1) is 16.0. The summed E-state index contributed by atoms with van der Waals surface area (Å²) < 4.78 is 28.1. The molecule has 0 bridgehead atoms. The van der Waals surface area contributed by atoms with Crippen molar-refractivity contribution in [3.05, 3.63) is 58.1 Å². The Labute approximate surface area is 133 Å². The van der Waals surface area contributed by atoms with Gasteiger partial charge in [0.15, 0.2) is 0 Å². The summed E-state index contributed by atoms with van der Waals surface area (Å²) in [5.41, 5.74) is 2.54. The number of sulfonamides is 1. The fourth-order valence-corrected chi connectivity index (χ4v) is 3.49. The SMILES string of the molecule is CNCc1ccc(S(=O)(=O)Nc2cccc(C)c2Br)cc1. The van der Waals surface area contributed by atoms with Gasteiger partial charge in [0.1, 0.15) is 0 Å². The van der Waals surface area contributed by atoms with Gasteiger partial charge >= 0.3 is 0 Å². The Balaban J connectivity index is 2.27. The van der Waals surface area contributed by atoms with Crippen molar-refractivity contribution in [1.82, 2.24) is 5.32 Å². The zero-order valence-corrected chi connectivity index (χ0v) is 14.3. The van der Waals surface area contributed by atoms with Crippen LogP contribution in [0, 0.1) is 6.92 Å². The molecule has 0 spiro atoms. The van der Waals surface area contributed by atoms with Crippen LogP contribution in [-0.4, -0.2) is 15.5 Å². The molecule has 0 heterocycles. The van der Waals surface area contributed by atoms with Crippen molar-refractivity contribution in [2.24, 2.45) is 0 Å². The van der Waals surface area contributed by atoms with Crippen molar-refractivity contribution in [2.75, 3.05) is 11.8 Å². The van der Waals surface area contributed by atoms with Crippen molar-refractivity contribution >= 4 is 31.6 Å². The van der Waals surface area contributed by atoms with Crippen LogP contribution in [0.15, 0.2) is 51.8 Å². The monoisotopic (exact) mass is 368 g/mol. The van der Waals surface area contributed by atoms with Crippen LogP contribution >= 0.6 is 15.9 Å². The number of anilines is 1. The second-order valence-electron chi connectivity index (χ2n) is 4.72. The third-order valence-electron chi connectivity index (χ3n) is 3.05. The molecule has 6 heteroatoms. The molecule has 0 amide bonds. The average molecular weight is 369 g/mol. The number of aryl methyl sites for hydroxylation is 1. The minimum absolute atomic E-state index is 0.246. The highest BCUT2D eigenvalue weighted by Crippen LogP contribution is 2.27. The molecule has 0 aromatic heterocycles. The van der Waals surface area contributed by atoms with Crippen LogP contribution in [0.4, 0.5) is 5.69 Å². The van der Waals surface area contributed by atoms with Crippen molar-refractivity contribution in [3.63, 3.8) is 0 Å². The Morgan fingerprint density at radius 2 is 1.76 bits per heavy atom. The van der Waals surface area contributed by atoms with Gasteiger partial charge in [-0.15, -0.1) is 0 Å². The van der Waals surface area contributed by atoms with E-state index in [9.17, 15) is 8.42 Å². The molecular formula is C15H17BrN2O2S. The standard InChI is InChI=1S/C15H17BrN2O2S/c1-11-4-3-5-14(15(11)16)18-21(19,20)13-8-6-12(7-9-13)10-17-2/h3-9,17-18H,10H2,1-2H3. The number of rotatable bonds is 5. The molecule has 0 radical (unpaired) electrons. The van der Waals surface area contributed by atoms with E-state index in [-0.39, 0.29) is 4.90 Å². The smallest absolute Gasteiger partial charge is 0.261 e. The van der Waals surface area contributed by atoms with Gasteiger partial charge in [-0.1, -0.05) is 24.3 Å². The van der Waals surface area contributed by atoms with E-state index in [2.05, 4.69) is 26.0 Å². The summed E-state index contributed by atoms with van der Waals surface area (Å²) in [6.07, 6.45) is 0. The van der Waals surface area contributed by atoms with E-state index in [1.807, 2.05) is 26.1 Å². The normalized spacial score (nSPS) is 11.4. The lowest BCUT2D eigenvalue weighted by atomic mass is 10.2. The van der Waals surface area contributed by atoms with E-state index in [4.69, 9.17) is 0 Å². The van der Waals surface area contributed by atoms with E-state index in [1.54, 1.807) is 30.3 Å². The van der Waals surface area contributed by atoms with Gasteiger partial charge in [0.25, 0.3) is 10.0 Å². The summed E-state index contributed by atoms with van der Waals surface area (Å²) in [5.74, 6) is 0. The van der Waals surface area contributed by atoms with Crippen LogP contribution in [0.2, 0.25) is 0 Å². The summed E-state index contributed by atoms with van der Waals surface area (Å²) in [6, 6.07) is 12.3. The van der Waals surface area contributed by atoms with Crippen LogP contribution in [0.25, 0.3) is 0 Å². The number of hydrogen-bond acceptors (Lipinski definition) is 3. The molecule has 0 aliphatic carbocycles. The first-order chi connectivity index (χ1) is 9.94.